The van der Waals surface area contributed by atoms with E-state index in [4.69, 9.17) is 14.2 Å². The van der Waals surface area contributed by atoms with Crippen molar-refractivity contribution in [3.8, 4) is 5.75 Å². The van der Waals surface area contributed by atoms with Gasteiger partial charge in [0.15, 0.2) is 0 Å². The zero-order valence-corrected chi connectivity index (χ0v) is 18.0. The number of ether oxygens (including phenoxy) is 3. The second-order valence-electron chi connectivity index (χ2n) is 8.30. The molecule has 3 rings (SSSR count). The maximum absolute atomic E-state index is 12.8. The van der Waals surface area contributed by atoms with Crippen LogP contribution in [0, 0.1) is 0 Å². The van der Waals surface area contributed by atoms with E-state index < -0.39 is 0 Å². The van der Waals surface area contributed by atoms with E-state index in [2.05, 4.69) is 10.2 Å². The third-order valence-electron chi connectivity index (χ3n) is 6.45. The molecule has 0 spiro atoms. The second kappa shape index (κ2) is 11.0. The van der Waals surface area contributed by atoms with E-state index >= 15 is 0 Å². The lowest BCUT2D eigenvalue weighted by molar-refractivity contribution is -0.124. The van der Waals surface area contributed by atoms with Crippen LogP contribution in [0.15, 0.2) is 24.3 Å². The summed E-state index contributed by atoms with van der Waals surface area (Å²) in [5.41, 5.74) is 1.01. The van der Waals surface area contributed by atoms with Gasteiger partial charge in [0.05, 0.1) is 7.11 Å². The van der Waals surface area contributed by atoms with Gasteiger partial charge in [0.25, 0.3) is 0 Å². The number of carbonyl (C=O) groups excluding carboxylic acids is 1. The average Bonchev–Trinajstić information content (AvgIpc) is 2.78. The molecule has 1 amide bonds. The highest BCUT2D eigenvalue weighted by molar-refractivity contribution is 5.77. The monoisotopic (exact) mass is 404 g/mol. The normalized spacial score (nSPS) is 20.3. The summed E-state index contributed by atoms with van der Waals surface area (Å²) < 4.78 is 16.1. The number of benzene rings is 1. The smallest absolute Gasteiger partial charge is 0.220 e. The average molecular weight is 405 g/mol. The molecule has 1 aromatic carbocycles. The number of rotatable bonds is 9. The van der Waals surface area contributed by atoms with Crippen LogP contribution in [0.25, 0.3) is 0 Å². The van der Waals surface area contributed by atoms with Gasteiger partial charge in [-0.25, -0.2) is 0 Å². The van der Waals surface area contributed by atoms with Gasteiger partial charge in [-0.15, -0.1) is 0 Å². The molecule has 0 saturated carbocycles. The molecule has 0 radical (unpaired) electrons. The number of piperidine rings is 1. The maximum atomic E-state index is 12.8. The van der Waals surface area contributed by atoms with Crippen LogP contribution >= 0.6 is 0 Å². The summed E-state index contributed by atoms with van der Waals surface area (Å²) >= 11 is 0. The highest BCUT2D eigenvalue weighted by Gasteiger charge is 2.37. The molecule has 1 N–H and O–H groups in total. The lowest BCUT2D eigenvalue weighted by Crippen LogP contribution is -2.57. The molecule has 0 bridgehead atoms. The maximum Gasteiger partial charge on any atom is 0.220 e. The molecular formula is C23H36N2O4. The number of hydrogen-bond donors (Lipinski definition) is 1. The number of carbonyl (C=O) groups is 1. The molecule has 0 unspecified atom stereocenters. The number of nitrogens with one attached hydrogen (secondary N) is 1. The molecule has 6 nitrogen and oxygen atoms in total. The highest BCUT2D eigenvalue weighted by Crippen LogP contribution is 2.29. The lowest BCUT2D eigenvalue weighted by Gasteiger charge is -2.45. The van der Waals surface area contributed by atoms with Gasteiger partial charge in [0, 0.05) is 58.0 Å². The molecule has 0 aliphatic carbocycles. The quantitative estimate of drug-likeness (QED) is 0.686. The van der Waals surface area contributed by atoms with Gasteiger partial charge >= 0.3 is 0 Å². The van der Waals surface area contributed by atoms with E-state index in [1.54, 1.807) is 14.2 Å². The minimum atomic E-state index is -0.144. The van der Waals surface area contributed by atoms with Crippen molar-refractivity contribution in [2.75, 3.05) is 47.1 Å². The first-order valence-electron chi connectivity index (χ1n) is 10.9. The zero-order valence-electron chi connectivity index (χ0n) is 18.0. The van der Waals surface area contributed by atoms with Crippen molar-refractivity contribution in [2.45, 2.75) is 56.5 Å². The summed E-state index contributed by atoms with van der Waals surface area (Å²) in [6, 6.07) is 8.58. The van der Waals surface area contributed by atoms with Crippen LogP contribution in [0.2, 0.25) is 0 Å². The topological polar surface area (TPSA) is 60.0 Å². The molecule has 2 saturated heterocycles. The lowest BCUT2D eigenvalue weighted by atomic mass is 9.83. The first-order valence-corrected chi connectivity index (χ1v) is 10.9. The van der Waals surface area contributed by atoms with Gasteiger partial charge in [-0.1, -0.05) is 12.1 Å². The number of hydrogen-bond acceptors (Lipinski definition) is 5. The number of aryl methyl sites for hydroxylation is 1. The van der Waals surface area contributed by atoms with Crippen molar-refractivity contribution >= 4 is 5.91 Å². The summed E-state index contributed by atoms with van der Waals surface area (Å²) in [6.45, 7) is 4.49. The Morgan fingerprint density at radius 3 is 2.48 bits per heavy atom. The Hall–Kier alpha value is -1.63. The van der Waals surface area contributed by atoms with Crippen molar-refractivity contribution in [1.82, 2.24) is 10.2 Å². The van der Waals surface area contributed by atoms with Crippen LogP contribution in [0.5, 0.6) is 5.75 Å². The molecule has 2 fully saturated rings. The Morgan fingerprint density at radius 2 is 1.86 bits per heavy atom. The van der Waals surface area contributed by atoms with Gasteiger partial charge in [0.1, 0.15) is 5.75 Å². The third-order valence-corrected chi connectivity index (χ3v) is 6.45. The van der Waals surface area contributed by atoms with Crippen molar-refractivity contribution in [1.29, 1.82) is 0 Å². The van der Waals surface area contributed by atoms with Gasteiger partial charge < -0.3 is 24.4 Å². The summed E-state index contributed by atoms with van der Waals surface area (Å²) in [5.74, 6) is 0.976. The van der Waals surface area contributed by atoms with Gasteiger partial charge in [-0.05, 0) is 56.2 Å². The predicted molar refractivity (Wildman–Crippen MR) is 113 cm³/mol. The fourth-order valence-electron chi connectivity index (χ4n) is 4.51. The molecule has 0 atom stereocenters. The SMILES string of the molecule is COCCC1(NC(=O)CCc2ccc(OC)cc2)CCN(C2CCOCC2)CC1. The fourth-order valence-corrected chi connectivity index (χ4v) is 4.51. The molecule has 162 valence electrons. The minimum absolute atomic E-state index is 0.136. The minimum Gasteiger partial charge on any atom is -0.497 e. The van der Waals surface area contributed by atoms with Crippen molar-refractivity contribution in [3.63, 3.8) is 0 Å². The van der Waals surface area contributed by atoms with Crippen molar-refractivity contribution in [2.24, 2.45) is 0 Å². The van der Waals surface area contributed by atoms with Crippen molar-refractivity contribution in [3.05, 3.63) is 29.8 Å². The molecule has 2 heterocycles. The molecule has 2 aliphatic heterocycles. The largest absolute Gasteiger partial charge is 0.497 e. The van der Waals surface area contributed by atoms with Crippen LogP contribution < -0.4 is 10.1 Å². The second-order valence-corrected chi connectivity index (χ2v) is 8.30. The summed E-state index contributed by atoms with van der Waals surface area (Å²) in [5, 5.41) is 3.39. The Kier molecular flexibility index (Phi) is 8.33. The van der Waals surface area contributed by atoms with Crippen LogP contribution in [-0.4, -0.2) is 69.5 Å². The first-order chi connectivity index (χ1) is 14.1. The van der Waals surface area contributed by atoms with E-state index in [1.165, 1.54) is 0 Å². The van der Waals surface area contributed by atoms with Gasteiger partial charge in [-0.2, -0.15) is 0 Å². The standard InChI is InChI=1S/C23H36N2O4/c1-27-18-13-23(11-14-25(15-12-23)20-9-16-29-17-10-20)24-22(26)8-5-19-3-6-21(28-2)7-4-19/h3-4,6-7,20H,5,8-18H2,1-2H3,(H,24,26). The van der Waals surface area contributed by atoms with Gasteiger partial charge in [0.2, 0.25) is 5.91 Å². The number of methoxy groups -OCH3 is 2. The third kappa shape index (κ3) is 6.43. The zero-order chi connectivity index (χ0) is 20.5. The van der Waals surface area contributed by atoms with Gasteiger partial charge in [-0.3, -0.25) is 4.79 Å². The Balaban J connectivity index is 1.51. The first kappa shape index (κ1) is 22.1. The van der Waals surface area contributed by atoms with E-state index in [1.807, 2.05) is 24.3 Å². The van der Waals surface area contributed by atoms with E-state index in [-0.39, 0.29) is 11.4 Å². The van der Waals surface area contributed by atoms with Crippen molar-refractivity contribution < 1.29 is 19.0 Å². The van der Waals surface area contributed by atoms with Crippen LogP contribution in [-0.2, 0) is 20.7 Å². The van der Waals surface area contributed by atoms with Crippen LogP contribution in [0.4, 0.5) is 0 Å². The Morgan fingerprint density at radius 1 is 1.17 bits per heavy atom. The summed E-state index contributed by atoms with van der Waals surface area (Å²) in [6.07, 6.45) is 6.34. The van der Waals surface area contributed by atoms with E-state index in [9.17, 15) is 4.79 Å². The van der Waals surface area contributed by atoms with E-state index in [0.29, 0.717) is 19.1 Å². The molecule has 1 aromatic rings. The molecule has 29 heavy (non-hydrogen) atoms. The Labute approximate surface area is 174 Å². The van der Waals surface area contributed by atoms with Crippen LogP contribution in [0.3, 0.4) is 0 Å². The molecule has 6 heteroatoms. The number of nitrogens with zero attached hydrogens (tertiary/aromatic N) is 1. The molecule has 2 aliphatic rings. The summed E-state index contributed by atoms with van der Waals surface area (Å²) in [4.78, 5) is 15.3. The van der Waals surface area contributed by atoms with Crippen LogP contribution in [0.1, 0.15) is 44.1 Å². The molecular weight excluding hydrogens is 368 g/mol. The molecule has 0 aromatic heterocycles. The summed E-state index contributed by atoms with van der Waals surface area (Å²) in [7, 11) is 3.39. The highest BCUT2D eigenvalue weighted by atomic mass is 16.5. The fraction of sp³-hybridized carbons (Fsp3) is 0.696. The predicted octanol–water partition coefficient (Wildman–Crippen LogP) is 2.79. The van der Waals surface area contributed by atoms with E-state index in [0.717, 1.165) is 76.1 Å². The Bertz CT molecular complexity index is 620. The number of amides is 1. The number of likely N-dealkylation sites (tertiary alicyclic amines) is 1.